The van der Waals surface area contributed by atoms with Crippen LogP contribution in [-0.2, 0) is 14.3 Å². The van der Waals surface area contributed by atoms with E-state index < -0.39 is 5.79 Å². The van der Waals surface area contributed by atoms with Crippen LogP contribution >= 0.6 is 0 Å². The number of aryl methyl sites for hydroxylation is 1. The summed E-state index contributed by atoms with van der Waals surface area (Å²) in [5, 5.41) is 3.48. The van der Waals surface area contributed by atoms with E-state index >= 15 is 0 Å². The standard InChI is InChI=1S/C20H30N2O3/c1-15(2)17-6-4-5-16(3)19(17)21-10-7-18(23)22-11-8-20(9-12-22)24-13-14-25-20/h4-6,15,21H,7-14H2,1-3H3. The van der Waals surface area contributed by atoms with Crippen molar-refractivity contribution in [1.82, 2.24) is 4.90 Å². The fourth-order valence-corrected chi connectivity index (χ4v) is 3.75. The molecule has 2 aliphatic heterocycles. The van der Waals surface area contributed by atoms with Crippen molar-refractivity contribution in [2.75, 3.05) is 38.2 Å². The smallest absolute Gasteiger partial charge is 0.224 e. The zero-order valence-corrected chi connectivity index (χ0v) is 15.6. The molecule has 2 fully saturated rings. The maximum Gasteiger partial charge on any atom is 0.224 e. The molecule has 0 saturated carbocycles. The molecule has 138 valence electrons. The van der Waals surface area contributed by atoms with Gasteiger partial charge in [-0.3, -0.25) is 4.79 Å². The molecule has 2 saturated heterocycles. The second kappa shape index (κ2) is 7.75. The molecular weight excluding hydrogens is 316 g/mol. The van der Waals surface area contributed by atoms with Crippen LogP contribution in [0.4, 0.5) is 5.69 Å². The number of benzene rings is 1. The van der Waals surface area contributed by atoms with Gasteiger partial charge in [-0.15, -0.1) is 0 Å². The lowest BCUT2D eigenvalue weighted by Gasteiger charge is -2.37. The van der Waals surface area contributed by atoms with Gasteiger partial charge in [-0.2, -0.15) is 0 Å². The third kappa shape index (κ3) is 4.15. The lowest BCUT2D eigenvalue weighted by molar-refractivity contribution is -0.187. The highest BCUT2D eigenvalue weighted by Crippen LogP contribution is 2.31. The SMILES string of the molecule is Cc1cccc(C(C)C)c1NCCC(=O)N1CCC2(CC1)OCCO2. The number of rotatable bonds is 5. The first-order chi connectivity index (χ1) is 12.0. The molecule has 25 heavy (non-hydrogen) atoms. The fourth-order valence-electron chi connectivity index (χ4n) is 3.75. The average molecular weight is 346 g/mol. The van der Waals surface area contributed by atoms with E-state index in [-0.39, 0.29) is 5.91 Å². The first kappa shape index (κ1) is 18.2. The van der Waals surface area contributed by atoms with Gasteiger partial charge >= 0.3 is 0 Å². The summed E-state index contributed by atoms with van der Waals surface area (Å²) in [6.07, 6.45) is 2.07. The third-order valence-corrected chi connectivity index (χ3v) is 5.26. The summed E-state index contributed by atoms with van der Waals surface area (Å²) in [7, 11) is 0. The van der Waals surface area contributed by atoms with Crippen LogP contribution in [0.1, 0.15) is 50.2 Å². The number of anilines is 1. The number of nitrogens with zero attached hydrogens (tertiary/aromatic N) is 1. The Kier molecular flexibility index (Phi) is 5.64. The van der Waals surface area contributed by atoms with Crippen LogP contribution < -0.4 is 5.32 Å². The van der Waals surface area contributed by atoms with E-state index in [4.69, 9.17) is 9.47 Å². The highest BCUT2D eigenvalue weighted by Gasteiger charge is 2.40. The fraction of sp³-hybridized carbons (Fsp3) is 0.650. The van der Waals surface area contributed by atoms with Crippen LogP contribution in [0.15, 0.2) is 18.2 Å². The molecule has 5 nitrogen and oxygen atoms in total. The highest BCUT2D eigenvalue weighted by molar-refractivity contribution is 5.77. The summed E-state index contributed by atoms with van der Waals surface area (Å²) in [5.41, 5.74) is 3.72. The van der Waals surface area contributed by atoms with E-state index in [0.717, 1.165) is 25.9 Å². The van der Waals surface area contributed by atoms with E-state index in [0.29, 0.717) is 32.1 Å². The van der Waals surface area contributed by atoms with Crippen molar-refractivity contribution < 1.29 is 14.3 Å². The number of carbonyl (C=O) groups excluding carboxylic acids is 1. The Balaban J connectivity index is 1.49. The number of ether oxygens (including phenoxy) is 2. The van der Waals surface area contributed by atoms with Gasteiger partial charge in [-0.25, -0.2) is 0 Å². The van der Waals surface area contributed by atoms with E-state index in [1.165, 1.54) is 16.8 Å². The average Bonchev–Trinajstić information content (AvgIpc) is 3.04. The largest absolute Gasteiger partial charge is 0.384 e. The number of hydrogen-bond acceptors (Lipinski definition) is 4. The molecule has 5 heteroatoms. The molecule has 0 unspecified atom stereocenters. The minimum absolute atomic E-state index is 0.208. The Morgan fingerprint density at radius 1 is 1.24 bits per heavy atom. The van der Waals surface area contributed by atoms with Crippen molar-refractivity contribution in [2.45, 2.75) is 51.7 Å². The third-order valence-electron chi connectivity index (χ3n) is 5.26. The summed E-state index contributed by atoms with van der Waals surface area (Å²) in [6.45, 7) is 9.96. The van der Waals surface area contributed by atoms with Gasteiger partial charge in [0.25, 0.3) is 0 Å². The Bertz CT molecular complexity index is 599. The molecule has 0 aromatic heterocycles. The highest BCUT2D eigenvalue weighted by atomic mass is 16.7. The molecule has 1 aromatic carbocycles. The molecule has 1 N–H and O–H groups in total. The Hall–Kier alpha value is -1.59. The summed E-state index contributed by atoms with van der Waals surface area (Å²) in [6, 6.07) is 6.37. The molecule has 2 heterocycles. The number of para-hydroxylation sites is 1. The predicted molar refractivity (Wildman–Crippen MR) is 98.8 cm³/mol. The van der Waals surface area contributed by atoms with Crippen LogP contribution in [0.5, 0.6) is 0 Å². The summed E-state index contributed by atoms with van der Waals surface area (Å²) < 4.78 is 11.4. The number of likely N-dealkylation sites (tertiary alicyclic amines) is 1. The van der Waals surface area contributed by atoms with Crippen LogP contribution in [0, 0.1) is 6.92 Å². The maximum atomic E-state index is 12.5. The molecule has 3 rings (SSSR count). The second-order valence-electron chi connectivity index (χ2n) is 7.36. The van der Waals surface area contributed by atoms with Crippen molar-refractivity contribution in [2.24, 2.45) is 0 Å². The molecule has 0 radical (unpaired) electrons. The monoisotopic (exact) mass is 346 g/mol. The van der Waals surface area contributed by atoms with Crippen molar-refractivity contribution in [3.8, 4) is 0 Å². The van der Waals surface area contributed by atoms with Gasteiger partial charge in [0.1, 0.15) is 0 Å². The van der Waals surface area contributed by atoms with Crippen molar-refractivity contribution >= 4 is 11.6 Å². The van der Waals surface area contributed by atoms with Crippen LogP contribution in [-0.4, -0.2) is 49.4 Å². The number of nitrogens with one attached hydrogen (secondary N) is 1. The molecule has 2 aliphatic rings. The van der Waals surface area contributed by atoms with E-state index in [2.05, 4.69) is 44.3 Å². The molecule has 1 spiro atoms. The van der Waals surface area contributed by atoms with E-state index in [1.54, 1.807) is 0 Å². The Labute approximate surface area is 150 Å². The van der Waals surface area contributed by atoms with Crippen LogP contribution in [0.2, 0.25) is 0 Å². The van der Waals surface area contributed by atoms with Gasteiger partial charge in [0.2, 0.25) is 5.91 Å². The van der Waals surface area contributed by atoms with Crippen LogP contribution in [0.3, 0.4) is 0 Å². The molecule has 0 atom stereocenters. The number of amides is 1. The van der Waals surface area contributed by atoms with Gasteiger partial charge in [-0.05, 0) is 24.0 Å². The summed E-state index contributed by atoms with van der Waals surface area (Å²) in [5.74, 6) is 0.255. The lowest BCUT2D eigenvalue weighted by Crippen LogP contribution is -2.47. The van der Waals surface area contributed by atoms with Gasteiger partial charge in [0.15, 0.2) is 5.79 Å². The lowest BCUT2D eigenvalue weighted by atomic mass is 9.98. The van der Waals surface area contributed by atoms with Gasteiger partial charge in [0, 0.05) is 44.6 Å². The van der Waals surface area contributed by atoms with Crippen molar-refractivity contribution in [3.63, 3.8) is 0 Å². The zero-order valence-electron chi connectivity index (χ0n) is 15.6. The van der Waals surface area contributed by atoms with Crippen LogP contribution in [0.25, 0.3) is 0 Å². The van der Waals surface area contributed by atoms with E-state index in [1.807, 2.05) is 4.90 Å². The Morgan fingerprint density at radius 3 is 2.56 bits per heavy atom. The zero-order chi connectivity index (χ0) is 17.9. The summed E-state index contributed by atoms with van der Waals surface area (Å²) in [4.78, 5) is 14.4. The second-order valence-corrected chi connectivity index (χ2v) is 7.36. The predicted octanol–water partition coefficient (Wildman–Crippen LogP) is 3.29. The first-order valence-electron chi connectivity index (χ1n) is 9.40. The van der Waals surface area contributed by atoms with Gasteiger partial charge in [0.05, 0.1) is 13.2 Å². The minimum Gasteiger partial charge on any atom is -0.384 e. The molecular formula is C20H30N2O3. The number of carbonyl (C=O) groups is 1. The number of hydrogen-bond donors (Lipinski definition) is 1. The summed E-state index contributed by atoms with van der Waals surface area (Å²) >= 11 is 0. The minimum atomic E-state index is -0.414. The maximum absolute atomic E-state index is 12.5. The Morgan fingerprint density at radius 2 is 1.92 bits per heavy atom. The first-order valence-corrected chi connectivity index (χ1v) is 9.40. The quantitative estimate of drug-likeness (QED) is 0.889. The van der Waals surface area contributed by atoms with Gasteiger partial charge < -0.3 is 19.7 Å². The molecule has 0 aliphatic carbocycles. The van der Waals surface area contributed by atoms with Crippen molar-refractivity contribution in [3.05, 3.63) is 29.3 Å². The number of piperidine rings is 1. The topological polar surface area (TPSA) is 50.8 Å². The van der Waals surface area contributed by atoms with Crippen molar-refractivity contribution in [1.29, 1.82) is 0 Å². The molecule has 1 amide bonds. The van der Waals surface area contributed by atoms with E-state index in [9.17, 15) is 4.79 Å². The molecule has 0 bridgehead atoms. The molecule has 1 aromatic rings. The normalized spacial score (nSPS) is 19.6. The van der Waals surface area contributed by atoms with Gasteiger partial charge in [-0.1, -0.05) is 32.0 Å².